The number of aromatic nitrogens is 1. The highest BCUT2D eigenvalue weighted by molar-refractivity contribution is 5.95. The van der Waals surface area contributed by atoms with Gasteiger partial charge in [-0.2, -0.15) is 5.26 Å². The first-order chi connectivity index (χ1) is 12.9. The zero-order valence-corrected chi connectivity index (χ0v) is 15.8. The average Bonchev–Trinajstić information content (AvgIpc) is 3.25. The smallest absolute Gasteiger partial charge is 0.343 e. The lowest BCUT2D eigenvalue weighted by atomic mass is 9.92. The second-order valence-electron chi connectivity index (χ2n) is 7.24. The fraction of sp³-hybridized carbons (Fsp3) is 0.450. The molecule has 0 spiro atoms. The Hall–Kier alpha value is -3.01. The number of hydrogen-bond donors (Lipinski definition) is 0. The van der Waals surface area contributed by atoms with Gasteiger partial charge in [0.1, 0.15) is 23.0 Å². The van der Waals surface area contributed by atoms with Gasteiger partial charge in [-0.25, -0.2) is 4.79 Å². The number of amides is 1. The van der Waals surface area contributed by atoms with Crippen molar-refractivity contribution in [2.24, 2.45) is 11.8 Å². The summed E-state index contributed by atoms with van der Waals surface area (Å²) in [6, 6.07) is 5.58. The summed E-state index contributed by atoms with van der Waals surface area (Å²) in [7, 11) is 0. The van der Waals surface area contributed by atoms with Crippen LogP contribution < -0.4 is 0 Å². The molecule has 3 heterocycles. The SMILES string of the molecule is Cc1oc(-n2cccc2)c(C#N)c1C(=O)OCC(=O)N1C[C@H](C)C[C@@H](C)C1. The second kappa shape index (κ2) is 7.70. The number of nitriles is 1. The summed E-state index contributed by atoms with van der Waals surface area (Å²) < 4.78 is 12.4. The van der Waals surface area contributed by atoms with Gasteiger partial charge in [0.2, 0.25) is 5.88 Å². The Kier molecular flexibility index (Phi) is 5.36. The Labute approximate surface area is 158 Å². The maximum atomic E-state index is 12.5. The summed E-state index contributed by atoms with van der Waals surface area (Å²) in [5.74, 6) is 0.465. The number of rotatable bonds is 4. The molecular formula is C20H23N3O4. The molecule has 1 aliphatic rings. The van der Waals surface area contributed by atoms with Gasteiger partial charge < -0.3 is 14.1 Å². The Morgan fingerprint density at radius 1 is 1.26 bits per heavy atom. The Morgan fingerprint density at radius 2 is 1.89 bits per heavy atom. The number of furan rings is 1. The topological polar surface area (TPSA) is 88.5 Å². The van der Waals surface area contributed by atoms with Crippen LogP contribution >= 0.6 is 0 Å². The number of hydrogen-bond acceptors (Lipinski definition) is 5. The normalized spacial score (nSPS) is 19.6. The number of nitrogens with zero attached hydrogens (tertiary/aromatic N) is 3. The van der Waals surface area contributed by atoms with Crippen LogP contribution in [0.25, 0.3) is 5.88 Å². The van der Waals surface area contributed by atoms with E-state index in [1.165, 1.54) is 0 Å². The number of carbonyl (C=O) groups excluding carboxylic acids is 2. The van der Waals surface area contributed by atoms with Gasteiger partial charge in [0.25, 0.3) is 5.91 Å². The minimum atomic E-state index is -0.724. The summed E-state index contributed by atoms with van der Waals surface area (Å²) in [5, 5.41) is 9.49. The van der Waals surface area contributed by atoms with E-state index in [2.05, 4.69) is 13.8 Å². The molecular weight excluding hydrogens is 346 g/mol. The van der Waals surface area contributed by atoms with E-state index in [0.717, 1.165) is 6.42 Å². The number of piperidine rings is 1. The van der Waals surface area contributed by atoms with Crippen molar-refractivity contribution in [3.8, 4) is 12.0 Å². The monoisotopic (exact) mass is 369 g/mol. The molecule has 2 aromatic heterocycles. The van der Waals surface area contributed by atoms with E-state index in [1.54, 1.807) is 40.9 Å². The number of ether oxygens (including phenoxy) is 1. The predicted octanol–water partition coefficient (Wildman–Crippen LogP) is 2.91. The summed E-state index contributed by atoms with van der Waals surface area (Å²) in [4.78, 5) is 26.7. The third-order valence-electron chi connectivity index (χ3n) is 4.77. The quantitative estimate of drug-likeness (QED) is 0.773. The minimum absolute atomic E-state index is 0.0642. The van der Waals surface area contributed by atoms with Gasteiger partial charge in [-0.1, -0.05) is 13.8 Å². The van der Waals surface area contributed by atoms with Gasteiger partial charge in [-0.3, -0.25) is 9.36 Å². The van der Waals surface area contributed by atoms with E-state index in [-0.39, 0.29) is 35.3 Å². The van der Waals surface area contributed by atoms with Crippen molar-refractivity contribution in [1.29, 1.82) is 5.26 Å². The zero-order valence-electron chi connectivity index (χ0n) is 15.8. The lowest BCUT2D eigenvalue weighted by molar-refractivity contribution is -0.137. The molecule has 0 saturated carbocycles. The van der Waals surface area contributed by atoms with Crippen LogP contribution in [0.1, 0.15) is 41.9 Å². The number of esters is 1. The first-order valence-electron chi connectivity index (χ1n) is 9.02. The molecule has 0 unspecified atom stereocenters. The molecule has 3 rings (SSSR count). The van der Waals surface area contributed by atoms with Crippen molar-refractivity contribution in [2.75, 3.05) is 19.7 Å². The molecule has 1 amide bonds. The minimum Gasteiger partial charge on any atom is -0.452 e. The fourth-order valence-electron chi connectivity index (χ4n) is 3.69. The van der Waals surface area contributed by atoms with Crippen LogP contribution in [0.3, 0.4) is 0 Å². The maximum absolute atomic E-state index is 12.5. The molecule has 27 heavy (non-hydrogen) atoms. The number of aryl methyl sites for hydroxylation is 1. The highest BCUT2D eigenvalue weighted by atomic mass is 16.5. The third-order valence-corrected chi connectivity index (χ3v) is 4.77. The zero-order chi connectivity index (χ0) is 19.6. The predicted molar refractivity (Wildman–Crippen MR) is 97.3 cm³/mol. The Morgan fingerprint density at radius 3 is 2.48 bits per heavy atom. The first-order valence-corrected chi connectivity index (χ1v) is 9.02. The van der Waals surface area contributed by atoms with Gasteiger partial charge in [0.05, 0.1) is 0 Å². The molecule has 142 valence electrons. The van der Waals surface area contributed by atoms with E-state index >= 15 is 0 Å². The molecule has 1 aliphatic heterocycles. The Bertz CT molecular complexity index is 866. The van der Waals surface area contributed by atoms with Crippen LogP contribution in [0.2, 0.25) is 0 Å². The van der Waals surface area contributed by atoms with Gasteiger partial charge >= 0.3 is 5.97 Å². The van der Waals surface area contributed by atoms with Crippen molar-refractivity contribution >= 4 is 11.9 Å². The average molecular weight is 369 g/mol. The molecule has 0 radical (unpaired) electrons. The van der Waals surface area contributed by atoms with Crippen molar-refractivity contribution in [3.05, 3.63) is 41.4 Å². The van der Waals surface area contributed by atoms with Crippen molar-refractivity contribution < 1.29 is 18.7 Å². The maximum Gasteiger partial charge on any atom is 0.343 e. The van der Waals surface area contributed by atoms with E-state index in [4.69, 9.17) is 9.15 Å². The molecule has 7 heteroatoms. The molecule has 0 aliphatic carbocycles. The molecule has 1 fully saturated rings. The number of carbonyl (C=O) groups is 2. The molecule has 0 aromatic carbocycles. The van der Waals surface area contributed by atoms with Crippen LogP contribution in [0.4, 0.5) is 0 Å². The first kappa shape index (κ1) is 18.8. The van der Waals surface area contributed by atoms with E-state index < -0.39 is 5.97 Å². The van der Waals surface area contributed by atoms with Crippen molar-refractivity contribution in [3.63, 3.8) is 0 Å². The van der Waals surface area contributed by atoms with Gasteiger partial charge in [0, 0.05) is 25.5 Å². The molecule has 2 aromatic rings. The van der Waals surface area contributed by atoms with Crippen LogP contribution in [0, 0.1) is 30.1 Å². The summed E-state index contributed by atoms with van der Waals surface area (Å²) in [6.45, 7) is 6.82. The molecule has 0 N–H and O–H groups in total. The molecule has 1 saturated heterocycles. The third kappa shape index (κ3) is 3.90. The lowest BCUT2D eigenvalue weighted by Gasteiger charge is -2.34. The summed E-state index contributed by atoms with van der Waals surface area (Å²) in [6.07, 6.45) is 4.53. The fourth-order valence-corrected chi connectivity index (χ4v) is 3.69. The van der Waals surface area contributed by atoms with E-state index in [1.807, 2.05) is 6.07 Å². The van der Waals surface area contributed by atoms with Crippen molar-refractivity contribution in [2.45, 2.75) is 27.2 Å². The summed E-state index contributed by atoms with van der Waals surface area (Å²) >= 11 is 0. The second-order valence-corrected chi connectivity index (χ2v) is 7.24. The summed E-state index contributed by atoms with van der Waals surface area (Å²) in [5.41, 5.74) is 0.163. The van der Waals surface area contributed by atoms with Gasteiger partial charge in [-0.05, 0) is 37.3 Å². The highest BCUT2D eigenvalue weighted by Crippen LogP contribution is 2.26. The lowest BCUT2D eigenvalue weighted by Crippen LogP contribution is -2.44. The standard InChI is InChI=1S/C20H23N3O4/c1-13-8-14(2)11-23(10-13)17(24)12-26-20(25)18-15(3)27-19(16(18)9-21)22-6-4-5-7-22/h4-7,13-14H,8,10-12H2,1-3H3/t13-,14-/m1/s1. The van der Waals surface area contributed by atoms with Crippen LogP contribution in [-0.4, -0.2) is 41.0 Å². The Balaban J connectivity index is 1.72. The molecule has 2 atom stereocenters. The largest absolute Gasteiger partial charge is 0.452 e. The number of likely N-dealkylation sites (tertiary alicyclic amines) is 1. The highest BCUT2D eigenvalue weighted by Gasteiger charge is 2.29. The van der Waals surface area contributed by atoms with Crippen LogP contribution in [0.15, 0.2) is 28.9 Å². The van der Waals surface area contributed by atoms with Crippen LogP contribution in [0.5, 0.6) is 0 Å². The van der Waals surface area contributed by atoms with Gasteiger partial charge in [0.15, 0.2) is 6.61 Å². The molecule has 7 nitrogen and oxygen atoms in total. The van der Waals surface area contributed by atoms with E-state index in [9.17, 15) is 14.9 Å². The van der Waals surface area contributed by atoms with Gasteiger partial charge in [-0.15, -0.1) is 0 Å². The van der Waals surface area contributed by atoms with Crippen molar-refractivity contribution in [1.82, 2.24) is 9.47 Å². The molecule has 0 bridgehead atoms. The van der Waals surface area contributed by atoms with E-state index in [0.29, 0.717) is 24.9 Å². The van der Waals surface area contributed by atoms with Crippen LogP contribution in [-0.2, 0) is 9.53 Å².